The molecule has 0 bridgehead atoms. The zero-order valence-electron chi connectivity index (χ0n) is 17.5. The van der Waals surface area contributed by atoms with Crippen LogP contribution in [0.25, 0.3) is 0 Å². The number of halogens is 2. The van der Waals surface area contributed by atoms with Crippen LogP contribution in [0.1, 0.15) is 19.4 Å². The normalized spacial score (nSPS) is 12.2. The second kappa shape index (κ2) is 10.3. The summed E-state index contributed by atoms with van der Waals surface area (Å²) in [5.41, 5.74) is -0.140. The molecule has 0 unspecified atom stereocenters. The van der Waals surface area contributed by atoms with Crippen molar-refractivity contribution in [1.29, 1.82) is 0 Å². The minimum Gasteiger partial charge on any atom is -0.355 e. The van der Waals surface area contributed by atoms with Gasteiger partial charge in [0.05, 0.1) is 11.9 Å². The Hall–Kier alpha value is -3.01. The molecule has 0 radical (unpaired) electrons. The summed E-state index contributed by atoms with van der Waals surface area (Å²) in [6.45, 7) is 2.46. The van der Waals surface area contributed by atoms with Crippen molar-refractivity contribution in [1.82, 2.24) is 10.2 Å². The maximum absolute atomic E-state index is 14.3. The van der Waals surface area contributed by atoms with Gasteiger partial charge in [-0.25, -0.2) is 17.2 Å². The van der Waals surface area contributed by atoms with Crippen molar-refractivity contribution in [3.05, 3.63) is 65.7 Å². The van der Waals surface area contributed by atoms with E-state index in [0.29, 0.717) is 10.8 Å². The molecule has 7 nitrogen and oxygen atoms in total. The number of carbonyl (C=O) groups excluding carboxylic acids is 2. The predicted octanol–water partition coefficient (Wildman–Crippen LogP) is 2.28. The molecule has 0 aliphatic heterocycles. The summed E-state index contributed by atoms with van der Waals surface area (Å²) in [6, 6.07) is 9.88. The molecule has 31 heavy (non-hydrogen) atoms. The first-order valence-corrected chi connectivity index (χ1v) is 11.4. The molecule has 1 atom stereocenters. The molecule has 2 rings (SSSR count). The number of amides is 2. The molecule has 1 N–H and O–H groups in total. The van der Waals surface area contributed by atoms with Gasteiger partial charge in [-0.15, -0.1) is 0 Å². The number of benzene rings is 2. The average Bonchev–Trinajstić information content (AvgIpc) is 2.71. The highest BCUT2D eigenvalue weighted by atomic mass is 32.2. The molecule has 0 aromatic heterocycles. The number of anilines is 1. The maximum atomic E-state index is 14.3. The number of nitrogens with one attached hydrogen (secondary N) is 1. The highest BCUT2D eigenvalue weighted by Crippen LogP contribution is 2.22. The summed E-state index contributed by atoms with van der Waals surface area (Å²) in [6.07, 6.45) is 0.848. The molecule has 2 aromatic rings. The monoisotopic (exact) mass is 453 g/mol. The number of para-hydroxylation sites is 1. The van der Waals surface area contributed by atoms with Gasteiger partial charge in [-0.1, -0.05) is 30.3 Å². The van der Waals surface area contributed by atoms with Crippen LogP contribution in [-0.2, 0) is 26.2 Å². The van der Waals surface area contributed by atoms with Gasteiger partial charge in [0.25, 0.3) is 0 Å². The first-order valence-electron chi connectivity index (χ1n) is 9.59. The number of rotatable bonds is 9. The Morgan fingerprint density at radius 2 is 1.61 bits per heavy atom. The SMILES string of the molecule is CCNC(=O)[C@@H](C)N(Cc1ccccc1F)C(=O)CN(c1ccccc1F)S(C)(=O)=O. The maximum Gasteiger partial charge on any atom is 0.244 e. The number of hydrogen-bond acceptors (Lipinski definition) is 4. The molecule has 0 heterocycles. The lowest BCUT2D eigenvalue weighted by molar-refractivity contribution is -0.139. The molecular formula is C21H25F2N3O4S. The second-order valence-electron chi connectivity index (χ2n) is 6.90. The van der Waals surface area contributed by atoms with Crippen LogP contribution in [0.5, 0.6) is 0 Å². The van der Waals surface area contributed by atoms with E-state index in [4.69, 9.17) is 0 Å². The van der Waals surface area contributed by atoms with E-state index >= 15 is 0 Å². The molecule has 0 spiro atoms. The fraction of sp³-hybridized carbons (Fsp3) is 0.333. The fourth-order valence-electron chi connectivity index (χ4n) is 2.96. The van der Waals surface area contributed by atoms with Gasteiger partial charge in [0, 0.05) is 18.7 Å². The Morgan fingerprint density at radius 3 is 2.16 bits per heavy atom. The standard InChI is InChI=1S/C21H25F2N3O4S/c1-4-24-21(28)15(2)25(13-16-9-5-6-10-17(16)22)20(27)14-26(31(3,29)30)19-12-8-7-11-18(19)23/h5-12,15H,4,13-14H2,1-3H3,(H,24,28)/t15-/m1/s1. The van der Waals surface area contributed by atoms with Crippen molar-refractivity contribution in [2.75, 3.05) is 23.7 Å². The van der Waals surface area contributed by atoms with Crippen molar-refractivity contribution in [2.24, 2.45) is 0 Å². The quantitative estimate of drug-likeness (QED) is 0.631. The molecule has 10 heteroatoms. The number of hydrogen-bond donors (Lipinski definition) is 1. The third-order valence-corrected chi connectivity index (χ3v) is 5.74. The summed E-state index contributed by atoms with van der Waals surface area (Å²) < 4.78 is 53.7. The van der Waals surface area contributed by atoms with Crippen molar-refractivity contribution < 1.29 is 26.8 Å². The minimum absolute atomic E-state index is 0.156. The van der Waals surface area contributed by atoms with Gasteiger partial charge < -0.3 is 10.2 Å². The summed E-state index contributed by atoms with van der Waals surface area (Å²) in [5, 5.41) is 2.59. The summed E-state index contributed by atoms with van der Waals surface area (Å²) in [7, 11) is -4.04. The molecule has 0 saturated heterocycles. The minimum atomic E-state index is -4.04. The Bertz CT molecular complexity index is 1050. The largest absolute Gasteiger partial charge is 0.355 e. The van der Waals surface area contributed by atoms with Crippen LogP contribution >= 0.6 is 0 Å². The number of nitrogens with zero attached hydrogens (tertiary/aromatic N) is 2. The van der Waals surface area contributed by atoms with Crippen LogP contribution in [0.15, 0.2) is 48.5 Å². The van der Waals surface area contributed by atoms with Crippen LogP contribution in [-0.4, -0.2) is 50.5 Å². The van der Waals surface area contributed by atoms with Crippen LogP contribution in [0, 0.1) is 11.6 Å². The zero-order valence-corrected chi connectivity index (χ0v) is 18.3. The molecule has 2 amide bonds. The van der Waals surface area contributed by atoms with E-state index in [0.717, 1.165) is 17.2 Å². The van der Waals surface area contributed by atoms with E-state index in [9.17, 15) is 26.8 Å². The Morgan fingerprint density at radius 1 is 1.03 bits per heavy atom. The topological polar surface area (TPSA) is 86.8 Å². The van der Waals surface area contributed by atoms with Crippen LogP contribution < -0.4 is 9.62 Å². The Kier molecular flexibility index (Phi) is 8.09. The number of sulfonamides is 1. The smallest absolute Gasteiger partial charge is 0.244 e. The Labute approximate surface area is 180 Å². The van der Waals surface area contributed by atoms with E-state index < -0.39 is 46.1 Å². The Balaban J connectivity index is 2.41. The van der Waals surface area contributed by atoms with E-state index in [1.54, 1.807) is 13.0 Å². The van der Waals surface area contributed by atoms with E-state index in [2.05, 4.69) is 5.32 Å². The first-order chi connectivity index (χ1) is 14.6. The summed E-state index contributed by atoms with van der Waals surface area (Å²) >= 11 is 0. The van der Waals surface area contributed by atoms with Gasteiger partial charge in [-0.3, -0.25) is 13.9 Å². The molecule has 0 saturated carbocycles. The van der Waals surface area contributed by atoms with Gasteiger partial charge >= 0.3 is 0 Å². The van der Waals surface area contributed by atoms with Gasteiger partial charge in [0.15, 0.2) is 0 Å². The third kappa shape index (κ3) is 6.24. The summed E-state index contributed by atoms with van der Waals surface area (Å²) in [4.78, 5) is 26.6. The molecule has 0 aliphatic carbocycles. The number of carbonyl (C=O) groups is 2. The second-order valence-corrected chi connectivity index (χ2v) is 8.81. The molecule has 2 aromatic carbocycles. The van der Waals surface area contributed by atoms with Crippen LogP contribution in [0.4, 0.5) is 14.5 Å². The van der Waals surface area contributed by atoms with Gasteiger partial charge in [0.2, 0.25) is 21.8 Å². The lowest BCUT2D eigenvalue weighted by Gasteiger charge is -2.31. The van der Waals surface area contributed by atoms with Crippen molar-refractivity contribution in [3.8, 4) is 0 Å². The number of likely N-dealkylation sites (N-methyl/N-ethyl adjacent to an activating group) is 1. The van der Waals surface area contributed by atoms with Gasteiger partial charge in [-0.2, -0.15) is 0 Å². The van der Waals surface area contributed by atoms with Gasteiger partial charge in [0.1, 0.15) is 24.2 Å². The zero-order chi connectivity index (χ0) is 23.2. The van der Waals surface area contributed by atoms with Crippen molar-refractivity contribution in [2.45, 2.75) is 26.4 Å². The molecular weight excluding hydrogens is 428 g/mol. The summed E-state index contributed by atoms with van der Waals surface area (Å²) in [5.74, 6) is -2.66. The predicted molar refractivity (Wildman–Crippen MR) is 114 cm³/mol. The highest BCUT2D eigenvalue weighted by Gasteiger charge is 2.31. The van der Waals surface area contributed by atoms with Crippen molar-refractivity contribution >= 4 is 27.5 Å². The van der Waals surface area contributed by atoms with E-state index in [-0.39, 0.29) is 17.8 Å². The highest BCUT2D eigenvalue weighted by molar-refractivity contribution is 7.92. The molecule has 168 valence electrons. The lowest BCUT2D eigenvalue weighted by atomic mass is 10.1. The van der Waals surface area contributed by atoms with Crippen molar-refractivity contribution in [3.63, 3.8) is 0 Å². The molecule has 0 fully saturated rings. The lowest BCUT2D eigenvalue weighted by Crippen LogP contribution is -2.51. The van der Waals surface area contributed by atoms with E-state index in [1.165, 1.54) is 43.3 Å². The third-order valence-electron chi connectivity index (χ3n) is 4.62. The van der Waals surface area contributed by atoms with Gasteiger partial charge in [-0.05, 0) is 32.0 Å². The van der Waals surface area contributed by atoms with E-state index in [1.807, 2.05) is 0 Å². The average molecular weight is 454 g/mol. The molecule has 0 aliphatic rings. The van der Waals surface area contributed by atoms with Crippen LogP contribution in [0.2, 0.25) is 0 Å². The van der Waals surface area contributed by atoms with Crippen LogP contribution in [0.3, 0.4) is 0 Å². The first kappa shape index (κ1) is 24.3. The fourth-order valence-corrected chi connectivity index (χ4v) is 3.81.